The second kappa shape index (κ2) is 8.65. The number of anilines is 1. The number of rotatable bonds is 6. The van der Waals surface area contributed by atoms with E-state index in [1.54, 1.807) is 16.9 Å². The Labute approximate surface area is 219 Å². The van der Waals surface area contributed by atoms with Gasteiger partial charge in [-0.2, -0.15) is 10.2 Å². The summed E-state index contributed by atoms with van der Waals surface area (Å²) in [6.45, 7) is 0.0424. The Hall–Kier alpha value is -2.79. The second-order valence-electron chi connectivity index (χ2n) is 10.4. The largest absolute Gasteiger partial charge is 0.320 e. The maximum atomic E-state index is 14.2. The molecule has 0 saturated heterocycles. The minimum absolute atomic E-state index is 0.0424. The van der Waals surface area contributed by atoms with Crippen LogP contribution in [0.5, 0.6) is 0 Å². The quantitative estimate of drug-likeness (QED) is 0.296. The molecule has 3 aromatic rings. The fraction of sp³-hybridized carbons (Fsp3) is 0.458. The Morgan fingerprint density at radius 1 is 1.19 bits per heavy atom. The van der Waals surface area contributed by atoms with Gasteiger partial charge in [0.2, 0.25) is 5.69 Å². The van der Waals surface area contributed by atoms with E-state index in [1.807, 2.05) is 0 Å². The number of aromatic nitrogens is 4. The molecule has 7 rings (SSSR count). The molecule has 12 heteroatoms. The molecule has 2 aromatic heterocycles. The van der Waals surface area contributed by atoms with Crippen molar-refractivity contribution in [2.24, 2.45) is 17.8 Å². The third-order valence-corrected chi connectivity index (χ3v) is 8.86. The van der Waals surface area contributed by atoms with Gasteiger partial charge in [-0.3, -0.25) is 24.3 Å². The molecule has 0 unspecified atom stereocenters. The minimum atomic E-state index is -0.722. The van der Waals surface area contributed by atoms with E-state index < -0.39 is 16.6 Å². The first-order valence-electron chi connectivity index (χ1n) is 11.9. The SMILES string of the molecule is O=C(Nc1nn(Cc2c(F)cccc2Cl)cc1Br)c1nn(C23CC4CC(CC(C4)C2)C3)cc1[N+](=O)[O-]. The normalized spacial score (nSPS) is 26.4. The van der Waals surface area contributed by atoms with Gasteiger partial charge in [-0.15, -0.1) is 0 Å². The van der Waals surface area contributed by atoms with Gasteiger partial charge in [0, 0.05) is 16.8 Å². The summed E-state index contributed by atoms with van der Waals surface area (Å²) in [6.07, 6.45) is 9.53. The van der Waals surface area contributed by atoms with Gasteiger partial charge in [0.15, 0.2) is 5.82 Å². The number of hydrogen-bond acceptors (Lipinski definition) is 5. The van der Waals surface area contributed by atoms with Crippen LogP contribution in [0.2, 0.25) is 5.02 Å². The standard InChI is InChI=1S/C24H23BrClFN6O3/c25-17-11-31(10-16-18(26)2-1-3-19(16)27)30-22(17)28-23(34)21-20(33(35)36)12-32(29-21)24-7-13-4-14(8-24)6-15(5-13)9-24/h1-3,11-15H,4-10H2,(H,28,30,34). The van der Waals surface area contributed by atoms with Crippen LogP contribution in [0.3, 0.4) is 0 Å². The fourth-order valence-corrected chi connectivity index (χ4v) is 7.46. The number of halogens is 3. The molecule has 4 fully saturated rings. The summed E-state index contributed by atoms with van der Waals surface area (Å²) >= 11 is 9.46. The van der Waals surface area contributed by atoms with E-state index in [9.17, 15) is 19.3 Å². The van der Waals surface area contributed by atoms with E-state index in [4.69, 9.17) is 11.6 Å². The van der Waals surface area contributed by atoms with Crippen molar-refractivity contribution in [2.75, 3.05) is 5.32 Å². The highest BCUT2D eigenvalue weighted by Gasteiger charge is 2.53. The van der Waals surface area contributed by atoms with Crippen molar-refractivity contribution in [1.82, 2.24) is 19.6 Å². The second-order valence-corrected chi connectivity index (χ2v) is 11.6. The highest BCUT2D eigenvalue weighted by Crippen LogP contribution is 2.58. The van der Waals surface area contributed by atoms with Crippen molar-refractivity contribution < 1.29 is 14.1 Å². The molecular formula is C24H23BrClFN6O3. The molecule has 9 nitrogen and oxygen atoms in total. The van der Waals surface area contributed by atoms with Gasteiger partial charge < -0.3 is 5.32 Å². The number of nitrogens with one attached hydrogen (secondary N) is 1. The Morgan fingerprint density at radius 2 is 1.86 bits per heavy atom. The summed E-state index contributed by atoms with van der Waals surface area (Å²) in [7, 11) is 0. The van der Waals surface area contributed by atoms with Crippen molar-refractivity contribution in [3.8, 4) is 0 Å². The predicted molar refractivity (Wildman–Crippen MR) is 133 cm³/mol. The Morgan fingerprint density at radius 3 is 2.47 bits per heavy atom. The molecule has 0 aliphatic heterocycles. The molecule has 1 N–H and O–H groups in total. The predicted octanol–water partition coefficient (Wildman–Crippen LogP) is 5.77. The van der Waals surface area contributed by atoms with Crippen LogP contribution in [-0.4, -0.2) is 30.4 Å². The number of nitro groups is 1. The number of nitrogens with zero attached hydrogens (tertiary/aromatic N) is 5. The van der Waals surface area contributed by atoms with Crippen molar-refractivity contribution in [3.05, 3.63) is 67.3 Å². The fourth-order valence-electron chi connectivity index (χ4n) is 6.82. The maximum Gasteiger partial charge on any atom is 0.320 e. The number of carbonyl (C=O) groups excluding carboxylic acids is 1. The summed E-state index contributed by atoms with van der Waals surface area (Å²) < 4.78 is 17.8. The molecule has 4 bridgehead atoms. The van der Waals surface area contributed by atoms with Crippen LogP contribution in [0.15, 0.2) is 35.1 Å². The van der Waals surface area contributed by atoms with Gasteiger partial charge in [-0.1, -0.05) is 17.7 Å². The molecule has 4 aliphatic rings. The number of hydrogen-bond donors (Lipinski definition) is 1. The van der Waals surface area contributed by atoms with Crippen LogP contribution in [-0.2, 0) is 12.1 Å². The van der Waals surface area contributed by atoms with Crippen LogP contribution < -0.4 is 5.32 Å². The lowest BCUT2D eigenvalue weighted by Gasteiger charge is -2.56. The van der Waals surface area contributed by atoms with Crippen molar-refractivity contribution in [1.29, 1.82) is 0 Å². The summed E-state index contributed by atoms with van der Waals surface area (Å²) in [5.74, 6) is 0.829. The van der Waals surface area contributed by atoms with Crippen LogP contribution >= 0.6 is 27.5 Å². The molecule has 4 aliphatic carbocycles. The number of benzene rings is 1. The highest BCUT2D eigenvalue weighted by molar-refractivity contribution is 9.10. The average Bonchev–Trinajstić information content (AvgIpc) is 3.40. The first-order valence-corrected chi connectivity index (χ1v) is 13.1. The van der Waals surface area contributed by atoms with Crippen molar-refractivity contribution >= 4 is 44.9 Å². The molecule has 0 spiro atoms. The van der Waals surface area contributed by atoms with Gasteiger partial charge in [0.25, 0.3) is 5.91 Å². The summed E-state index contributed by atoms with van der Waals surface area (Å²) in [5, 5.41) is 23.5. The van der Waals surface area contributed by atoms with Crippen LogP contribution in [0.1, 0.15) is 54.6 Å². The molecule has 1 aromatic carbocycles. The van der Waals surface area contributed by atoms with Gasteiger partial charge >= 0.3 is 5.69 Å². The Balaban J connectivity index is 1.26. The maximum absolute atomic E-state index is 14.2. The van der Waals surface area contributed by atoms with Crippen molar-refractivity contribution in [3.63, 3.8) is 0 Å². The van der Waals surface area contributed by atoms with E-state index in [-0.39, 0.29) is 39.9 Å². The van der Waals surface area contributed by atoms with Crippen LogP contribution in [0.25, 0.3) is 0 Å². The lowest BCUT2D eigenvalue weighted by Crippen LogP contribution is -2.52. The highest BCUT2D eigenvalue weighted by atomic mass is 79.9. The molecule has 36 heavy (non-hydrogen) atoms. The first-order chi connectivity index (χ1) is 17.2. The molecular weight excluding hydrogens is 555 g/mol. The topological polar surface area (TPSA) is 108 Å². The molecule has 1 amide bonds. The lowest BCUT2D eigenvalue weighted by molar-refractivity contribution is -0.385. The van der Waals surface area contributed by atoms with E-state index >= 15 is 0 Å². The summed E-state index contributed by atoms with van der Waals surface area (Å²) in [4.78, 5) is 24.5. The summed E-state index contributed by atoms with van der Waals surface area (Å²) in [5.41, 5.74) is -0.553. The smallest absolute Gasteiger partial charge is 0.302 e. The third-order valence-electron chi connectivity index (χ3n) is 7.93. The molecule has 0 radical (unpaired) electrons. The van der Waals surface area contributed by atoms with Crippen molar-refractivity contribution in [2.45, 2.75) is 50.6 Å². The first kappa shape index (κ1) is 23.6. The lowest BCUT2D eigenvalue weighted by atomic mass is 9.53. The molecule has 4 saturated carbocycles. The monoisotopic (exact) mass is 576 g/mol. The third kappa shape index (κ3) is 4.02. The van der Waals surface area contributed by atoms with Gasteiger partial charge in [0.1, 0.15) is 12.0 Å². The Kier molecular flexibility index (Phi) is 5.67. The zero-order chi connectivity index (χ0) is 25.2. The van der Waals surface area contributed by atoms with Gasteiger partial charge in [0.05, 0.1) is 21.5 Å². The van der Waals surface area contributed by atoms with E-state index in [0.717, 1.165) is 19.3 Å². The summed E-state index contributed by atoms with van der Waals surface area (Å²) in [6, 6.07) is 4.41. The van der Waals surface area contributed by atoms with Crippen LogP contribution in [0.4, 0.5) is 15.9 Å². The number of carbonyl (C=O) groups is 1. The van der Waals surface area contributed by atoms with Crippen LogP contribution in [0, 0.1) is 33.7 Å². The zero-order valence-corrected chi connectivity index (χ0v) is 21.5. The average molecular weight is 578 g/mol. The van der Waals surface area contributed by atoms with E-state index in [0.29, 0.717) is 22.2 Å². The van der Waals surface area contributed by atoms with Gasteiger partial charge in [-0.25, -0.2) is 4.39 Å². The molecule has 188 valence electrons. The molecule has 0 atom stereocenters. The Bertz CT molecular complexity index is 1330. The van der Waals surface area contributed by atoms with E-state index in [2.05, 4.69) is 31.4 Å². The minimum Gasteiger partial charge on any atom is -0.302 e. The zero-order valence-electron chi connectivity index (χ0n) is 19.2. The van der Waals surface area contributed by atoms with Gasteiger partial charge in [-0.05, 0) is 84.3 Å². The van der Waals surface area contributed by atoms with E-state index in [1.165, 1.54) is 42.3 Å². The number of amides is 1. The molecule has 2 heterocycles.